The van der Waals surface area contributed by atoms with Crippen LogP contribution in [0, 0.1) is 17.7 Å². The Morgan fingerprint density at radius 3 is 2.52 bits per heavy atom. The van der Waals surface area contributed by atoms with Crippen LogP contribution in [0.15, 0.2) is 42.6 Å². The normalized spacial score (nSPS) is 13.2. The van der Waals surface area contributed by atoms with Crippen molar-refractivity contribution in [3.63, 3.8) is 0 Å². The summed E-state index contributed by atoms with van der Waals surface area (Å²) in [6.07, 6.45) is 2.61. The predicted octanol–water partition coefficient (Wildman–Crippen LogP) is 1.81. The average Bonchev–Trinajstić information content (AvgIpc) is 3.20. The SMILES string of the molecule is C[C@@](CCn1ncc2c(F)c(C#Cc3ccc(CCO)cc3)ccc21)(C(=O)NO)S(C)(=O)=O. The smallest absolute Gasteiger partial charge is 0.264 e. The Morgan fingerprint density at radius 2 is 1.91 bits per heavy atom. The Labute approximate surface area is 190 Å². The second kappa shape index (κ2) is 9.70. The van der Waals surface area contributed by atoms with Gasteiger partial charge in [0.05, 0.1) is 22.7 Å². The van der Waals surface area contributed by atoms with Gasteiger partial charge in [-0.25, -0.2) is 18.3 Å². The molecule has 1 amide bonds. The number of hydrogen-bond donors (Lipinski definition) is 3. The number of aryl methyl sites for hydroxylation is 1. The number of rotatable bonds is 7. The first-order chi connectivity index (χ1) is 15.6. The number of aliphatic hydroxyl groups is 1. The lowest BCUT2D eigenvalue weighted by molar-refractivity contribution is -0.131. The minimum absolute atomic E-state index is 0.00510. The number of amides is 1. The van der Waals surface area contributed by atoms with Crippen molar-refractivity contribution in [3.8, 4) is 11.8 Å². The lowest BCUT2D eigenvalue weighted by Gasteiger charge is -2.25. The first-order valence-electron chi connectivity index (χ1n) is 10.1. The number of fused-ring (bicyclic) bond motifs is 1. The van der Waals surface area contributed by atoms with Gasteiger partial charge in [0.15, 0.2) is 14.6 Å². The molecule has 1 heterocycles. The lowest BCUT2D eigenvalue weighted by Crippen LogP contribution is -2.49. The molecule has 0 unspecified atom stereocenters. The number of aromatic nitrogens is 2. The Morgan fingerprint density at radius 1 is 1.21 bits per heavy atom. The summed E-state index contributed by atoms with van der Waals surface area (Å²) in [6, 6.07) is 10.4. The summed E-state index contributed by atoms with van der Waals surface area (Å²) in [6.45, 7) is 1.28. The number of aliphatic hydroxyl groups excluding tert-OH is 1. The van der Waals surface area contributed by atoms with Crippen LogP contribution in [0.4, 0.5) is 4.39 Å². The summed E-state index contributed by atoms with van der Waals surface area (Å²) >= 11 is 0. The molecule has 0 saturated carbocycles. The van der Waals surface area contributed by atoms with Gasteiger partial charge in [-0.15, -0.1) is 0 Å². The molecule has 3 N–H and O–H groups in total. The third-order valence-electron chi connectivity index (χ3n) is 5.66. The van der Waals surface area contributed by atoms with Crippen LogP contribution in [0.25, 0.3) is 10.9 Å². The second-order valence-electron chi connectivity index (χ2n) is 7.84. The van der Waals surface area contributed by atoms with Gasteiger partial charge in [-0.1, -0.05) is 24.0 Å². The van der Waals surface area contributed by atoms with Crippen LogP contribution in [-0.4, -0.2) is 52.0 Å². The number of benzene rings is 2. The van der Waals surface area contributed by atoms with E-state index in [4.69, 9.17) is 10.3 Å². The molecule has 0 aliphatic heterocycles. The molecule has 3 rings (SSSR count). The van der Waals surface area contributed by atoms with Crippen LogP contribution in [-0.2, 0) is 27.6 Å². The van der Waals surface area contributed by atoms with Crippen LogP contribution in [0.3, 0.4) is 0 Å². The standard InChI is InChI=1S/C23H24FN3O5S/c1-23(22(29)26-30,33(2,31)32)12-13-27-20-10-9-18(21(24)19(20)15-25-27)8-7-16-3-5-17(6-4-16)11-14-28/h3-6,9-10,15,28,30H,11-14H2,1-2H3,(H,26,29)/t23-/m1/s1. The number of hydrogen-bond acceptors (Lipinski definition) is 6. The largest absolute Gasteiger partial charge is 0.396 e. The van der Waals surface area contributed by atoms with E-state index in [1.54, 1.807) is 18.2 Å². The molecule has 10 heteroatoms. The van der Waals surface area contributed by atoms with E-state index < -0.39 is 26.3 Å². The predicted molar refractivity (Wildman–Crippen MR) is 121 cm³/mol. The van der Waals surface area contributed by atoms with Crippen molar-refractivity contribution in [3.05, 3.63) is 65.1 Å². The van der Waals surface area contributed by atoms with E-state index in [-0.39, 0.29) is 30.5 Å². The monoisotopic (exact) mass is 473 g/mol. The number of halogens is 1. The molecule has 0 saturated heterocycles. The van der Waals surface area contributed by atoms with Crippen LogP contribution >= 0.6 is 0 Å². The molecular formula is C23H24FN3O5S. The molecule has 1 atom stereocenters. The Kier molecular flexibility index (Phi) is 7.17. The summed E-state index contributed by atoms with van der Waals surface area (Å²) in [4.78, 5) is 12.0. The number of nitrogens with zero attached hydrogens (tertiary/aromatic N) is 2. The molecule has 3 aromatic rings. The van der Waals surface area contributed by atoms with Gasteiger partial charge < -0.3 is 5.11 Å². The highest BCUT2D eigenvalue weighted by molar-refractivity contribution is 7.92. The first kappa shape index (κ1) is 24.4. The van der Waals surface area contributed by atoms with Crippen molar-refractivity contribution < 1.29 is 27.9 Å². The van der Waals surface area contributed by atoms with E-state index in [9.17, 15) is 13.2 Å². The van der Waals surface area contributed by atoms with E-state index in [0.717, 1.165) is 11.8 Å². The number of nitrogens with one attached hydrogen (secondary N) is 1. The quantitative estimate of drug-likeness (QED) is 0.273. The third kappa shape index (κ3) is 5.06. The van der Waals surface area contributed by atoms with E-state index in [1.807, 2.05) is 12.1 Å². The number of hydroxylamine groups is 1. The molecule has 0 spiro atoms. The highest BCUT2D eigenvalue weighted by atomic mass is 32.2. The van der Waals surface area contributed by atoms with E-state index in [2.05, 4.69) is 16.9 Å². The molecule has 0 fully saturated rings. The number of carbonyl (C=O) groups is 1. The van der Waals surface area contributed by atoms with Gasteiger partial charge in [0.2, 0.25) is 0 Å². The maximum absolute atomic E-state index is 15.0. The zero-order valence-corrected chi connectivity index (χ0v) is 19.0. The lowest BCUT2D eigenvalue weighted by atomic mass is 10.1. The molecule has 174 valence electrons. The Balaban J connectivity index is 1.85. The fraction of sp³-hybridized carbons (Fsp3) is 0.304. The van der Waals surface area contributed by atoms with Gasteiger partial charge in [-0.2, -0.15) is 5.10 Å². The Hall–Kier alpha value is -3.26. The van der Waals surface area contributed by atoms with Crippen molar-refractivity contribution in [1.29, 1.82) is 0 Å². The highest BCUT2D eigenvalue weighted by Crippen LogP contribution is 2.25. The summed E-state index contributed by atoms with van der Waals surface area (Å²) in [5.41, 5.74) is 3.69. The van der Waals surface area contributed by atoms with Crippen LogP contribution in [0.1, 0.15) is 30.0 Å². The topological polar surface area (TPSA) is 122 Å². The molecule has 0 bridgehead atoms. The molecule has 0 aliphatic carbocycles. The molecule has 0 radical (unpaired) electrons. The summed E-state index contributed by atoms with van der Waals surface area (Å²) in [5, 5.41) is 22.3. The summed E-state index contributed by atoms with van der Waals surface area (Å²) < 4.78 is 38.8. The van der Waals surface area contributed by atoms with Crippen LogP contribution in [0.5, 0.6) is 0 Å². The zero-order chi connectivity index (χ0) is 24.2. The fourth-order valence-electron chi connectivity index (χ4n) is 3.32. The Bertz CT molecular complexity index is 1340. The van der Waals surface area contributed by atoms with E-state index >= 15 is 4.39 Å². The van der Waals surface area contributed by atoms with Crippen molar-refractivity contribution in [2.24, 2.45) is 0 Å². The molecule has 33 heavy (non-hydrogen) atoms. The van der Waals surface area contributed by atoms with Gasteiger partial charge in [0.1, 0.15) is 5.82 Å². The molecule has 0 aliphatic rings. The fourth-order valence-corrected chi connectivity index (χ4v) is 4.17. The summed E-state index contributed by atoms with van der Waals surface area (Å²) in [7, 11) is -3.85. The average molecular weight is 474 g/mol. The molecular weight excluding hydrogens is 449 g/mol. The second-order valence-corrected chi connectivity index (χ2v) is 10.3. The number of carbonyl (C=O) groups excluding carboxylic acids is 1. The minimum Gasteiger partial charge on any atom is -0.396 e. The summed E-state index contributed by atoms with van der Waals surface area (Å²) in [5.74, 6) is 4.12. The highest BCUT2D eigenvalue weighted by Gasteiger charge is 2.43. The molecule has 2 aromatic carbocycles. The van der Waals surface area contributed by atoms with Gasteiger partial charge in [-0.05, 0) is 49.6 Å². The van der Waals surface area contributed by atoms with Gasteiger partial charge in [0.25, 0.3) is 5.91 Å². The van der Waals surface area contributed by atoms with Crippen molar-refractivity contribution in [2.75, 3.05) is 12.9 Å². The third-order valence-corrected chi connectivity index (χ3v) is 7.68. The van der Waals surface area contributed by atoms with Crippen molar-refractivity contribution in [2.45, 2.75) is 31.1 Å². The zero-order valence-electron chi connectivity index (χ0n) is 18.2. The maximum Gasteiger partial charge on any atom is 0.264 e. The molecule has 1 aromatic heterocycles. The number of sulfone groups is 1. The first-order valence-corrected chi connectivity index (χ1v) is 12.0. The van der Waals surface area contributed by atoms with Crippen molar-refractivity contribution in [1.82, 2.24) is 15.3 Å². The van der Waals surface area contributed by atoms with Gasteiger partial charge in [-0.3, -0.25) is 14.7 Å². The molecule has 8 nitrogen and oxygen atoms in total. The van der Waals surface area contributed by atoms with E-state index in [1.165, 1.54) is 29.3 Å². The minimum atomic E-state index is -3.85. The van der Waals surface area contributed by atoms with Crippen LogP contribution in [0.2, 0.25) is 0 Å². The van der Waals surface area contributed by atoms with Gasteiger partial charge >= 0.3 is 0 Å². The van der Waals surface area contributed by atoms with Crippen molar-refractivity contribution >= 4 is 26.6 Å². The maximum atomic E-state index is 15.0. The van der Waals surface area contributed by atoms with E-state index in [0.29, 0.717) is 17.5 Å². The van der Waals surface area contributed by atoms with Crippen LogP contribution < -0.4 is 5.48 Å². The van der Waals surface area contributed by atoms with Gasteiger partial charge in [0, 0.05) is 25.0 Å².